The molecule has 5 rings (SSSR count). The molecule has 0 atom stereocenters. The predicted octanol–water partition coefficient (Wildman–Crippen LogP) is 5.88. The van der Waals surface area contributed by atoms with Crippen LogP contribution in [0.3, 0.4) is 0 Å². The normalized spacial score (nSPS) is 11.7. The minimum Gasteiger partial charge on any atom is -0.448 e. The van der Waals surface area contributed by atoms with Crippen LogP contribution in [0.15, 0.2) is 88.5 Å². The van der Waals surface area contributed by atoms with Crippen molar-refractivity contribution in [1.29, 1.82) is 0 Å². The van der Waals surface area contributed by atoms with E-state index in [1.807, 2.05) is 28.9 Å². The van der Waals surface area contributed by atoms with Gasteiger partial charge in [-0.1, -0.05) is 52.9 Å². The number of hydrogen-bond donors (Lipinski definition) is 1. The molecule has 184 valence electrons. The first-order valence-electron chi connectivity index (χ1n) is 11.2. The molecular formula is C26H23IN4O3S2. The quantitative estimate of drug-likeness (QED) is 0.162. The molecule has 0 saturated heterocycles. The van der Waals surface area contributed by atoms with E-state index < -0.39 is 9.84 Å². The number of oxazole rings is 1. The van der Waals surface area contributed by atoms with Crippen molar-refractivity contribution in [1.82, 2.24) is 20.1 Å². The largest absolute Gasteiger partial charge is 0.448 e. The molecule has 0 aliphatic rings. The van der Waals surface area contributed by atoms with Gasteiger partial charge in [0.15, 0.2) is 9.84 Å². The zero-order valence-corrected chi connectivity index (χ0v) is 23.2. The summed E-state index contributed by atoms with van der Waals surface area (Å²) in [6.45, 7) is 1.07. The molecule has 0 fully saturated rings. The van der Waals surface area contributed by atoms with Gasteiger partial charge < -0.3 is 9.73 Å². The summed E-state index contributed by atoms with van der Waals surface area (Å²) in [5.41, 5.74) is 4.99. The Labute approximate surface area is 227 Å². The number of thiophene rings is 1. The van der Waals surface area contributed by atoms with Crippen molar-refractivity contribution >= 4 is 43.8 Å². The molecule has 2 aromatic carbocycles. The van der Waals surface area contributed by atoms with Gasteiger partial charge in [0.1, 0.15) is 6.26 Å². The number of halogens is 1. The van der Waals surface area contributed by atoms with E-state index in [1.54, 1.807) is 42.0 Å². The topological polar surface area (TPSA) is 90.0 Å². The maximum Gasteiger partial charge on any atom is 0.207 e. The fourth-order valence-electron chi connectivity index (χ4n) is 3.85. The van der Waals surface area contributed by atoms with Crippen molar-refractivity contribution in [3.8, 4) is 26.7 Å². The minimum atomic E-state index is -3.28. The van der Waals surface area contributed by atoms with E-state index in [1.165, 1.54) is 11.8 Å². The molecule has 5 aromatic rings. The molecular weight excluding hydrogens is 607 g/mol. The summed E-state index contributed by atoms with van der Waals surface area (Å²) < 4.78 is 32.3. The van der Waals surface area contributed by atoms with Crippen LogP contribution in [0, 0.1) is 0 Å². The van der Waals surface area contributed by atoms with Crippen LogP contribution in [-0.4, -0.2) is 29.4 Å². The number of aromatic nitrogens is 3. The number of nitrogens with zero attached hydrogens (tertiary/aromatic N) is 3. The molecule has 0 unspecified atom stereocenters. The van der Waals surface area contributed by atoms with E-state index in [0.29, 0.717) is 23.9 Å². The highest BCUT2D eigenvalue weighted by Gasteiger charge is 2.17. The fraction of sp³-hybridized carbons (Fsp3) is 0.154. The molecule has 36 heavy (non-hydrogen) atoms. The number of rotatable bonds is 9. The summed E-state index contributed by atoms with van der Waals surface area (Å²) in [6.07, 6.45) is 4.42. The van der Waals surface area contributed by atoms with Crippen molar-refractivity contribution in [2.24, 2.45) is 0 Å². The van der Waals surface area contributed by atoms with Gasteiger partial charge in [-0.2, -0.15) is 5.10 Å². The van der Waals surface area contributed by atoms with Crippen molar-refractivity contribution in [3.05, 3.63) is 96.3 Å². The molecule has 3 heterocycles. The zero-order valence-electron chi connectivity index (χ0n) is 19.4. The fourth-order valence-corrected chi connectivity index (χ4v) is 6.17. The Hall–Kier alpha value is -2.80. The van der Waals surface area contributed by atoms with Crippen LogP contribution >= 0.6 is 33.9 Å². The lowest BCUT2D eigenvalue weighted by atomic mass is 10.2. The van der Waals surface area contributed by atoms with Gasteiger partial charge in [0.05, 0.1) is 39.6 Å². The second-order valence-corrected chi connectivity index (χ2v) is 12.1. The van der Waals surface area contributed by atoms with Gasteiger partial charge in [-0.25, -0.2) is 18.1 Å². The molecule has 3 aromatic heterocycles. The van der Waals surface area contributed by atoms with Crippen LogP contribution in [0.1, 0.15) is 17.1 Å². The highest BCUT2D eigenvalue weighted by atomic mass is 127. The first-order valence-corrected chi connectivity index (χ1v) is 15.4. The van der Waals surface area contributed by atoms with E-state index in [4.69, 9.17) is 9.52 Å². The Balaban J connectivity index is 1.51. The third kappa shape index (κ3) is 5.46. The SMILES string of the molecule is CS(=O)(=O)c1cccc(-c2ccc(-c3cc(CNCc4ncco4)nn3-c3ccccc3CI)s2)c1. The first kappa shape index (κ1) is 24.9. The molecule has 0 aliphatic carbocycles. The third-order valence-corrected chi connectivity index (χ3v) is 8.68. The smallest absolute Gasteiger partial charge is 0.207 e. The molecule has 0 saturated carbocycles. The summed E-state index contributed by atoms with van der Waals surface area (Å²) in [6, 6.07) is 21.5. The van der Waals surface area contributed by atoms with Crippen molar-refractivity contribution in [2.75, 3.05) is 6.26 Å². The van der Waals surface area contributed by atoms with Gasteiger partial charge >= 0.3 is 0 Å². The van der Waals surface area contributed by atoms with Crippen LogP contribution in [0.2, 0.25) is 0 Å². The average molecular weight is 631 g/mol. The Morgan fingerprint density at radius 2 is 1.86 bits per heavy atom. The summed E-state index contributed by atoms with van der Waals surface area (Å²) in [4.78, 5) is 6.50. The van der Waals surface area contributed by atoms with Gasteiger partial charge in [0.2, 0.25) is 5.89 Å². The standard InChI is InChI=1S/C26H23IN4O3S2/c1-36(32,33)21-7-4-6-18(13-21)24-9-10-25(35-24)23-14-20(16-28-17-26-29-11-12-34-26)30-31(23)22-8-3-2-5-19(22)15-27/h2-14,28H,15-17H2,1H3. The summed E-state index contributed by atoms with van der Waals surface area (Å²) >= 11 is 3.98. The van der Waals surface area contributed by atoms with Crippen LogP contribution in [-0.2, 0) is 27.4 Å². The van der Waals surface area contributed by atoms with Gasteiger partial charge in [-0.3, -0.25) is 0 Å². The molecule has 0 spiro atoms. The number of nitrogens with one attached hydrogen (secondary N) is 1. The molecule has 7 nitrogen and oxygen atoms in total. The van der Waals surface area contributed by atoms with Crippen LogP contribution in [0.4, 0.5) is 0 Å². The number of hydrogen-bond acceptors (Lipinski definition) is 7. The van der Waals surface area contributed by atoms with Crippen LogP contribution in [0.5, 0.6) is 0 Å². The van der Waals surface area contributed by atoms with E-state index in [-0.39, 0.29) is 0 Å². The molecule has 0 bridgehead atoms. The predicted molar refractivity (Wildman–Crippen MR) is 150 cm³/mol. The van der Waals surface area contributed by atoms with Crippen molar-refractivity contribution in [3.63, 3.8) is 0 Å². The molecule has 0 aliphatic heterocycles. The van der Waals surface area contributed by atoms with Crippen LogP contribution in [0.25, 0.3) is 26.7 Å². The van der Waals surface area contributed by atoms with E-state index in [0.717, 1.165) is 36.8 Å². The lowest BCUT2D eigenvalue weighted by Gasteiger charge is -2.10. The van der Waals surface area contributed by atoms with Gasteiger partial charge in [-0.05, 0) is 47.5 Å². The van der Waals surface area contributed by atoms with Gasteiger partial charge in [-0.15, -0.1) is 11.3 Å². The van der Waals surface area contributed by atoms with E-state index in [9.17, 15) is 8.42 Å². The summed E-state index contributed by atoms with van der Waals surface area (Å²) in [5, 5.41) is 8.28. The number of sulfone groups is 1. The number of alkyl halides is 1. The zero-order chi connectivity index (χ0) is 25.1. The lowest BCUT2D eigenvalue weighted by Crippen LogP contribution is -2.13. The maximum atomic E-state index is 12.0. The van der Waals surface area contributed by atoms with Gasteiger partial charge in [0, 0.05) is 22.1 Å². The minimum absolute atomic E-state index is 0.315. The molecule has 0 radical (unpaired) electrons. The maximum absolute atomic E-state index is 12.0. The molecule has 1 N–H and O–H groups in total. The van der Waals surface area contributed by atoms with Crippen molar-refractivity contribution < 1.29 is 12.8 Å². The highest BCUT2D eigenvalue weighted by Crippen LogP contribution is 2.37. The molecule has 10 heteroatoms. The lowest BCUT2D eigenvalue weighted by molar-refractivity contribution is 0.466. The number of para-hydroxylation sites is 1. The second-order valence-electron chi connectivity index (χ2n) is 8.19. The van der Waals surface area contributed by atoms with E-state index >= 15 is 0 Å². The van der Waals surface area contributed by atoms with E-state index in [2.05, 4.69) is 57.2 Å². The van der Waals surface area contributed by atoms with Crippen LogP contribution < -0.4 is 5.32 Å². The second kappa shape index (κ2) is 10.7. The third-order valence-electron chi connectivity index (χ3n) is 5.59. The Bertz CT molecular complexity index is 1590. The summed E-state index contributed by atoms with van der Waals surface area (Å²) in [7, 11) is -3.28. The highest BCUT2D eigenvalue weighted by molar-refractivity contribution is 14.1. The Morgan fingerprint density at radius 1 is 1.03 bits per heavy atom. The Morgan fingerprint density at radius 3 is 2.64 bits per heavy atom. The number of benzene rings is 2. The average Bonchev–Trinajstić information content (AvgIpc) is 3.64. The molecule has 0 amide bonds. The first-order chi connectivity index (χ1) is 17.4. The Kier molecular flexibility index (Phi) is 7.37. The van der Waals surface area contributed by atoms with Crippen molar-refractivity contribution in [2.45, 2.75) is 22.4 Å². The van der Waals surface area contributed by atoms with Gasteiger partial charge in [0.25, 0.3) is 0 Å². The summed E-state index contributed by atoms with van der Waals surface area (Å²) in [5.74, 6) is 0.629. The monoisotopic (exact) mass is 630 g/mol.